The van der Waals surface area contributed by atoms with E-state index in [4.69, 9.17) is 5.11 Å². The largest absolute Gasteiger partial charge is 0.478 e. The number of nitrogens with zero attached hydrogens (tertiary/aromatic N) is 3. The number of carboxylic acid groups (broad SMARTS) is 1. The van der Waals surface area contributed by atoms with Gasteiger partial charge in [-0.3, -0.25) is 4.68 Å². The van der Waals surface area contributed by atoms with Gasteiger partial charge in [-0.15, -0.1) is 11.3 Å². The molecule has 3 rings (SSSR count). The molecule has 2 aromatic heterocycles. The van der Waals surface area contributed by atoms with Crippen LogP contribution < -0.4 is 0 Å². The normalized spacial score (nSPS) is 11.7. The summed E-state index contributed by atoms with van der Waals surface area (Å²) in [5.41, 5.74) is 0.219. The van der Waals surface area contributed by atoms with Crippen LogP contribution in [0.5, 0.6) is 0 Å². The summed E-state index contributed by atoms with van der Waals surface area (Å²) < 4.78 is 40.6. The van der Waals surface area contributed by atoms with Gasteiger partial charge in [0.25, 0.3) is 0 Å². The highest BCUT2D eigenvalue weighted by Gasteiger charge is 2.30. The van der Waals surface area contributed by atoms with Crippen LogP contribution in [-0.2, 0) is 12.7 Å². The Morgan fingerprint density at radius 2 is 2.12 bits per heavy atom. The van der Waals surface area contributed by atoms with Gasteiger partial charge in [0.05, 0.1) is 33.3 Å². The van der Waals surface area contributed by atoms with E-state index in [0.717, 1.165) is 12.1 Å². The van der Waals surface area contributed by atoms with Crippen molar-refractivity contribution in [2.45, 2.75) is 12.7 Å². The summed E-state index contributed by atoms with van der Waals surface area (Å²) in [7, 11) is 0. The second-order valence-electron chi connectivity index (χ2n) is 5.05. The zero-order valence-electron chi connectivity index (χ0n) is 12.3. The topological polar surface area (TPSA) is 68.0 Å². The molecule has 10 heteroatoms. The number of hydrogen-bond acceptors (Lipinski definition) is 4. The average molecular weight is 432 g/mol. The lowest BCUT2D eigenvalue weighted by atomic mass is 10.1. The van der Waals surface area contributed by atoms with Crippen LogP contribution in [0.2, 0.25) is 0 Å². The molecule has 0 radical (unpaired) electrons. The summed E-state index contributed by atoms with van der Waals surface area (Å²) in [4.78, 5) is 15.2. The maximum atomic E-state index is 12.8. The van der Waals surface area contributed by atoms with Crippen LogP contribution in [-0.4, -0.2) is 25.8 Å². The second kappa shape index (κ2) is 6.60. The molecule has 0 aliphatic heterocycles. The molecule has 0 fully saturated rings. The molecule has 0 saturated carbocycles. The molecule has 5 nitrogen and oxygen atoms in total. The van der Waals surface area contributed by atoms with E-state index in [1.165, 1.54) is 34.5 Å². The minimum atomic E-state index is -4.42. The van der Waals surface area contributed by atoms with E-state index < -0.39 is 17.7 Å². The number of alkyl halides is 3. The quantitative estimate of drug-likeness (QED) is 0.658. The first kappa shape index (κ1) is 17.6. The highest BCUT2D eigenvalue weighted by atomic mass is 79.9. The molecular formula is C15H9BrF3N3O2S. The molecule has 1 aromatic carbocycles. The fourth-order valence-corrected chi connectivity index (χ4v) is 3.57. The summed E-state index contributed by atoms with van der Waals surface area (Å²) in [5, 5.41) is 13.3. The fourth-order valence-electron chi connectivity index (χ4n) is 2.10. The molecule has 130 valence electrons. The van der Waals surface area contributed by atoms with Gasteiger partial charge in [0.2, 0.25) is 0 Å². The van der Waals surface area contributed by atoms with E-state index >= 15 is 0 Å². The summed E-state index contributed by atoms with van der Waals surface area (Å²) in [6.07, 6.45) is -1.84. The van der Waals surface area contributed by atoms with Gasteiger partial charge in [-0.05, 0) is 28.1 Å². The number of aromatic nitrogens is 3. The molecule has 0 amide bonds. The number of carboxylic acids is 1. The van der Waals surface area contributed by atoms with Crippen molar-refractivity contribution in [3.05, 3.63) is 57.3 Å². The number of rotatable bonds is 4. The first-order valence-corrected chi connectivity index (χ1v) is 8.43. The predicted molar refractivity (Wildman–Crippen MR) is 88.5 cm³/mol. The van der Waals surface area contributed by atoms with Gasteiger partial charge < -0.3 is 5.11 Å². The number of carbonyl (C=O) groups is 1. The fraction of sp³-hybridized carbons (Fsp3) is 0.133. The lowest BCUT2D eigenvalue weighted by Crippen LogP contribution is -2.04. The van der Waals surface area contributed by atoms with Crippen molar-refractivity contribution >= 4 is 33.2 Å². The highest BCUT2D eigenvalue weighted by molar-refractivity contribution is 9.11. The van der Waals surface area contributed by atoms with Gasteiger partial charge in [-0.2, -0.15) is 18.3 Å². The number of hydrogen-bond donors (Lipinski definition) is 1. The van der Waals surface area contributed by atoms with Crippen LogP contribution >= 0.6 is 27.3 Å². The van der Waals surface area contributed by atoms with Crippen LogP contribution in [0, 0.1) is 0 Å². The van der Waals surface area contributed by atoms with Crippen LogP contribution in [0.1, 0.15) is 21.6 Å². The summed E-state index contributed by atoms with van der Waals surface area (Å²) in [6, 6.07) is 4.94. The molecular weight excluding hydrogens is 423 g/mol. The van der Waals surface area contributed by atoms with Gasteiger partial charge in [0.15, 0.2) is 0 Å². The van der Waals surface area contributed by atoms with Crippen molar-refractivity contribution in [1.82, 2.24) is 14.8 Å². The monoisotopic (exact) mass is 431 g/mol. The Morgan fingerprint density at radius 1 is 1.36 bits per heavy atom. The van der Waals surface area contributed by atoms with E-state index in [0.29, 0.717) is 20.1 Å². The molecule has 0 spiro atoms. The molecule has 2 heterocycles. The van der Waals surface area contributed by atoms with Gasteiger partial charge in [0, 0.05) is 11.8 Å². The Bertz CT molecular complexity index is 936. The lowest BCUT2D eigenvalue weighted by molar-refractivity contribution is -0.137. The molecule has 0 saturated heterocycles. The predicted octanol–water partition coefficient (Wildman–Crippen LogP) is 4.53. The summed E-state index contributed by atoms with van der Waals surface area (Å²) in [5.74, 6) is -1.09. The minimum absolute atomic E-state index is 0.0458. The van der Waals surface area contributed by atoms with E-state index in [2.05, 4.69) is 26.0 Å². The SMILES string of the molecule is O=C(O)c1cnn(Cc2nc(-c3cccc(C(F)(F)F)c3)sc2Br)c1. The standard InChI is InChI=1S/C15H9BrF3N3O2S/c16-12-11(7-22-6-9(5-20-22)14(23)24)21-13(25-12)8-2-1-3-10(4-8)15(17,18)19/h1-6H,7H2,(H,23,24). The van der Waals surface area contributed by atoms with Crippen LogP contribution in [0.15, 0.2) is 40.4 Å². The maximum Gasteiger partial charge on any atom is 0.416 e. The molecule has 0 atom stereocenters. The molecule has 0 unspecified atom stereocenters. The molecule has 0 aliphatic carbocycles. The Hall–Kier alpha value is -2.20. The maximum absolute atomic E-state index is 12.8. The van der Waals surface area contributed by atoms with Crippen LogP contribution in [0.4, 0.5) is 13.2 Å². The van der Waals surface area contributed by atoms with Gasteiger partial charge in [-0.1, -0.05) is 12.1 Å². The molecule has 0 aliphatic rings. The Morgan fingerprint density at radius 3 is 2.76 bits per heavy atom. The van der Waals surface area contributed by atoms with Crippen LogP contribution in [0.25, 0.3) is 10.6 Å². The molecule has 1 N–H and O–H groups in total. The smallest absolute Gasteiger partial charge is 0.416 e. The van der Waals surface area contributed by atoms with Crippen molar-refractivity contribution in [3.63, 3.8) is 0 Å². The second-order valence-corrected chi connectivity index (χ2v) is 7.37. The third-order valence-corrected chi connectivity index (χ3v) is 5.16. The number of thiazole rings is 1. The van der Waals surface area contributed by atoms with Crippen molar-refractivity contribution in [2.24, 2.45) is 0 Å². The summed E-state index contributed by atoms with van der Waals surface area (Å²) in [6.45, 7) is 0.198. The van der Waals surface area contributed by atoms with E-state index in [1.54, 1.807) is 6.07 Å². The van der Waals surface area contributed by atoms with Crippen molar-refractivity contribution in [2.75, 3.05) is 0 Å². The molecule has 25 heavy (non-hydrogen) atoms. The van der Waals surface area contributed by atoms with Gasteiger partial charge in [0.1, 0.15) is 5.01 Å². The van der Waals surface area contributed by atoms with Gasteiger partial charge >= 0.3 is 12.1 Å². The van der Waals surface area contributed by atoms with Crippen molar-refractivity contribution < 1.29 is 23.1 Å². The third kappa shape index (κ3) is 3.90. The van der Waals surface area contributed by atoms with E-state index in [-0.39, 0.29) is 12.1 Å². The Kier molecular flexibility index (Phi) is 4.65. The van der Waals surface area contributed by atoms with Crippen LogP contribution in [0.3, 0.4) is 0 Å². The van der Waals surface area contributed by atoms with Gasteiger partial charge in [-0.25, -0.2) is 9.78 Å². The number of benzene rings is 1. The summed E-state index contributed by atoms with van der Waals surface area (Å²) >= 11 is 4.54. The first-order valence-electron chi connectivity index (χ1n) is 6.82. The third-order valence-electron chi connectivity index (χ3n) is 3.28. The van der Waals surface area contributed by atoms with Crippen molar-refractivity contribution in [1.29, 1.82) is 0 Å². The Balaban J connectivity index is 1.88. The lowest BCUT2D eigenvalue weighted by Gasteiger charge is -2.07. The minimum Gasteiger partial charge on any atom is -0.478 e. The first-order chi connectivity index (χ1) is 11.7. The Labute approximate surface area is 151 Å². The highest BCUT2D eigenvalue weighted by Crippen LogP contribution is 2.36. The zero-order valence-corrected chi connectivity index (χ0v) is 14.7. The van der Waals surface area contributed by atoms with E-state index in [9.17, 15) is 18.0 Å². The molecule has 3 aromatic rings. The number of halogens is 4. The zero-order chi connectivity index (χ0) is 18.2. The number of aromatic carboxylic acids is 1. The van der Waals surface area contributed by atoms with Crippen molar-refractivity contribution in [3.8, 4) is 10.6 Å². The molecule has 0 bridgehead atoms. The van der Waals surface area contributed by atoms with E-state index in [1.807, 2.05) is 0 Å². The average Bonchev–Trinajstić information content (AvgIpc) is 3.15.